The third-order valence-electron chi connectivity index (χ3n) is 11.8. The van der Waals surface area contributed by atoms with E-state index in [1.165, 1.54) is 11.9 Å². The highest BCUT2D eigenvalue weighted by molar-refractivity contribution is 5.97. The molecule has 2 heterocycles. The number of carboxylic acids is 1. The van der Waals surface area contributed by atoms with Crippen molar-refractivity contribution >= 4 is 52.4 Å². The number of amides is 7. The van der Waals surface area contributed by atoms with E-state index in [0.717, 1.165) is 22.0 Å². The molecule has 16 nitrogen and oxygen atoms in total. The Morgan fingerprint density at radius 2 is 1.48 bits per heavy atom. The first kappa shape index (κ1) is 48.7. The van der Waals surface area contributed by atoms with Gasteiger partial charge in [-0.15, -0.1) is 0 Å². The van der Waals surface area contributed by atoms with Crippen LogP contribution < -0.4 is 31.9 Å². The van der Waals surface area contributed by atoms with E-state index in [0.29, 0.717) is 25.7 Å². The molecule has 338 valence electrons. The van der Waals surface area contributed by atoms with Crippen molar-refractivity contribution in [3.8, 4) is 0 Å². The number of rotatable bonds is 13. The molecule has 8 N–H and O–H groups in total. The summed E-state index contributed by atoms with van der Waals surface area (Å²) in [4.78, 5) is 102. The number of aromatic amines is 1. The van der Waals surface area contributed by atoms with Crippen molar-refractivity contribution < 1.29 is 38.7 Å². The first-order valence-corrected chi connectivity index (χ1v) is 21.9. The van der Waals surface area contributed by atoms with Gasteiger partial charge < -0.3 is 46.9 Å². The van der Waals surface area contributed by atoms with Gasteiger partial charge >= 0.3 is 12.0 Å². The van der Waals surface area contributed by atoms with Gasteiger partial charge in [0.1, 0.15) is 36.3 Å². The summed E-state index contributed by atoms with van der Waals surface area (Å²) in [6, 6.07) is 9.25. The standard InChI is InChI=1S/C46H66N8O8/c1-8-28(5)38-43(58)50-36(23-27(3)4)44(59)54(7)37(25-31-26-48-33-20-14-13-19-32(31)33)42(57)49-35(24-30-17-11-10-12-18-30)40(55)47-22-16-15-21-34(41(56)52-38)51-46(62)53-39(45(60)61)29(6)9-2/h10-14,17-20,26-29,34-39,48H,8-9,15-16,21-25H2,1-7H3,(H,47,55)(H,49,57)(H,50,58)(H,52,56)(H,60,61)(H2,51,53,62)/t28-,29-,34-,35-,36-,37-,38-,39+/m0/s1. The van der Waals surface area contributed by atoms with E-state index in [4.69, 9.17) is 0 Å². The minimum atomic E-state index is -1.22. The minimum Gasteiger partial charge on any atom is -0.480 e. The summed E-state index contributed by atoms with van der Waals surface area (Å²) in [6.45, 7) is 11.1. The van der Waals surface area contributed by atoms with Gasteiger partial charge in [-0.05, 0) is 60.6 Å². The molecule has 2 aromatic carbocycles. The van der Waals surface area contributed by atoms with Gasteiger partial charge in [0, 0.05) is 43.5 Å². The van der Waals surface area contributed by atoms with Gasteiger partial charge in [-0.1, -0.05) is 103 Å². The zero-order valence-corrected chi connectivity index (χ0v) is 37.1. The molecule has 1 saturated heterocycles. The van der Waals surface area contributed by atoms with E-state index < -0.39 is 89.6 Å². The van der Waals surface area contributed by atoms with Crippen molar-refractivity contribution in [2.75, 3.05) is 13.6 Å². The number of aromatic nitrogens is 1. The fraction of sp³-hybridized carbons (Fsp3) is 0.543. The van der Waals surface area contributed by atoms with Crippen LogP contribution in [0.3, 0.4) is 0 Å². The van der Waals surface area contributed by atoms with E-state index in [9.17, 15) is 38.7 Å². The third-order valence-corrected chi connectivity index (χ3v) is 11.8. The van der Waals surface area contributed by atoms with Crippen LogP contribution in [0.2, 0.25) is 0 Å². The quantitative estimate of drug-likeness (QED) is 0.126. The van der Waals surface area contributed by atoms with Gasteiger partial charge in [-0.2, -0.15) is 0 Å². The van der Waals surface area contributed by atoms with Crippen LogP contribution in [-0.2, 0) is 41.6 Å². The van der Waals surface area contributed by atoms with Gasteiger partial charge in [0.15, 0.2) is 0 Å². The molecular formula is C46H66N8O8. The number of fused-ring (bicyclic) bond motifs is 1. The Morgan fingerprint density at radius 1 is 0.806 bits per heavy atom. The second kappa shape index (κ2) is 23.3. The third kappa shape index (κ3) is 13.5. The molecule has 0 spiro atoms. The number of likely N-dealkylation sites (N-methyl/N-ethyl adjacent to an activating group) is 1. The molecule has 1 aliphatic heterocycles. The maximum atomic E-state index is 14.7. The first-order valence-electron chi connectivity index (χ1n) is 21.9. The van der Waals surface area contributed by atoms with Crippen molar-refractivity contribution in [3.63, 3.8) is 0 Å². The Kier molecular flexibility index (Phi) is 18.3. The van der Waals surface area contributed by atoms with E-state index in [2.05, 4.69) is 36.9 Å². The van der Waals surface area contributed by atoms with Crippen molar-refractivity contribution in [1.29, 1.82) is 0 Å². The van der Waals surface area contributed by atoms with Gasteiger partial charge in [0.05, 0.1) is 0 Å². The molecule has 3 aromatic rings. The number of aliphatic carboxylic acids is 1. The van der Waals surface area contributed by atoms with Crippen LogP contribution in [-0.4, -0.2) is 106 Å². The van der Waals surface area contributed by atoms with Gasteiger partial charge in [0.25, 0.3) is 0 Å². The number of hydrogen-bond acceptors (Lipinski definition) is 7. The normalized spacial score (nSPS) is 22.8. The van der Waals surface area contributed by atoms with Crippen LogP contribution in [0.5, 0.6) is 0 Å². The molecule has 16 heteroatoms. The van der Waals surface area contributed by atoms with Gasteiger partial charge in [0.2, 0.25) is 29.5 Å². The lowest BCUT2D eigenvalue weighted by molar-refractivity contribution is -0.143. The predicted molar refractivity (Wildman–Crippen MR) is 237 cm³/mol. The molecule has 4 rings (SSSR count). The van der Waals surface area contributed by atoms with E-state index in [1.807, 2.05) is 75.4 Å². The lowest BCUT2D eigenvalue weighted by atomic mass is 9.95. The number of urea groups is 1. The largest absolute Gasteiger partial charge is 0.480 e. The van der Waals surface area contributed by atoms with Crippen LogP contribution in [0, 0.1) is 17.8 Å². The molecule has 1 fully saturated rings. The predicted octanol–water partition coefficient (Wildman–Crippen LogP) is 3.79. The second-order valence-electron chi connectivity index (χ2n) is 17.0. The highest BCUT2D eigenvalue weighted by Crippen LogP contribution is 2.22. The number of para-hydroxylation sites is 1. The summed E-state index contributed by atoms with van der Waals surface area (Å²) >= 11 is 0. The van der Waals surface area contributed by atoms with Crippen molar-refractivity contribution in [2.24, 2.45) is 17.8 Å². The smallest absolute Gasteiger partial charge is 0.326 e. The van der Waals surface area contributed by atoms with Crippen LogP contribution in [0.25, 0.3) is 10.9 Å². The highest BCUT2D eigenvalue weighted by Gasteiger charge is 2.38. The number of carbonyl (C=O) groups excluding carboxylic acids is 6. The molecule has 62 heavy (non-hydrogen) atoms. The summed E-state index contributed by atoms with van der Waals surface area (Å²) in [5.41, 5.74) is 2.43. The maximum absolute atomic E-state index is 14.7. The van der Waals surface area contributed by atoms with Crippen LogP contribution >= 0.6 is 0 Å². The Bertz CT molecular complexity index is 2000. The lowest BCUT2D eigenvalue weighted by Gasteiger charge is -2.33. The summed E-state index contributed by atoms with van der Waals surface area (Å²) in [5, 5.41) is 27.4. The van der Waals surface area contributed by atoms with Crippen molar-refractivity contribution in [1.82, 2.24) is 41.8 Å². The zero-order valence-electron chi connectivity index (χ0n) is 37.1. The summed E-state index contributed by atoms with van der Waals surface area (Å²) in [7, 11) is 1.51. The fourth-order valence-corrected chi connectivity index (χ4v) is 7.65. The highest BCUT2D eigenvalue weighted by atomic mass is 16.4. The number of hydrogen-bond donors (Lipinski definition) is 8. The molecule has 0 aliphatic carbocycles. The minimum absolute atomic E-state index is 0.0760. The maximum Gasteiger partial charge on any atom is 0.326 e. The average Bonchev–Trinajstić information content (AvgIpc) is 3.66. The number of carboxylic acid groups (broad SMARTS) is 1. The lowest BCUT2D eigenvalue weighted by Crippen LogP contribution is -2.61. The molecule has 0 unspecified atom stereocenters. The Labute approximate surface area is 364 Å². The summed E-state index contributed by atoms with van der Waals surface area (Å²) in [5.74, 6) is -4.91. The molecule has 0 saturated carbocycles. The number of nitrogens with one attached hydrogen (secondary N) is 7. The van der Waals surface area contributed by atoms with Crippen LogP contribution in [0.1, 0.15) is 91.2 Å². The summed E-state index contributed by atoms with van der Waals surface area (Å²) < 4.78 is 0. The van der Waals surface area contributed by atoms with Crippen LogP contribution in [0.4, 0.5) is 4.79 Å². The van der Waals surface area contributed by atoms with Gasteiger partial charge in [-0.3, -0.25) is 24.0 Å². The Hall–Kier alpha value is -5.93. The fourth-order valence-electron chi connectivity index (χ4n) is 7.65. The first-order chi connectivity index (χ1) is 29.5. The molecule has 1 aromatic heterocycles. The van der Waals surface area contributed by atoms with Crippen LogP contribution in [0.15, 0.2) is 60.8 Å². The number of benzene rings is 2. The molecule has 1 aliphatic rings. The molecule has 0 radical (unpaired) electrons. The second-order valence-corrected chi connectivity index (χ2v) is 17.0. The number of carbonyl (C=O) groups is 7. The molecular weight excluding hydrogens is 793 g/mol. The molecule has 0 bridgehead atoms. The van der Waals surface area contributed by atoms with E-state index in [-0.39, 0.29) is 38.1 Å². The Morgan fingerprint density at radius 3 is 2.15 bits per heavy atom. The molecule has 8 atom stereocenters. The number of H-pyrrole nitrogens is 1. The topological polar surface area (TPSA) is 231 Å². The van der Waals surface area contributed by atoms with E-state index in [1.54, 1.807) is 27.0 Å². The average molecular weight is 859 g/mol. The molecule has 7 amide bonds. The monoisotopic (exact) mass is 859 g/mol. The van der Waals surface area contributed by atoms with Crippen molar-refractivity contribution in [3.05, 3.63) is 71.9 Å². The van der Waals surface area contributed by atoms with Crippen molar-refractivity contribution in [2.45, 2.75) is 129 Å². The van der Waals surface area contributed by atoms with E-state index >= 15 is 0 Å². The zero-order chi connectivity index (χ0) is 45.5. The summed E-state index contributed by atoms with van der Waals surface area (Å²) in [6.07, 6.45) is 4.03. The van der Waals surface area contributed by atoms with Gasteiger partial charge in [-0.25, -0.2) is 9.59 Å². The SMILES string of the molecule is CC[C@H](C)[C@@H]1NC(=O)[C@@H](NC(=O)N[C@@H](C(=O)O)[C@@H](C)CC)CCCCNC(=O)[C@H](Cc2ccccc2)NC(=O)[C@H](Cc2c[nH]c3ccccc23)N(C)C(=O)[C@H](CC(C)C)NC1=O. The number of nitrogens with zero attached hydrogens (tertiary/aromatic N) is 1. The Balaban J connectivity index is 1.75.